The first-order valence-electron chi connectivity index (χ1n) is 3.69. The summed E-state index contributed by atoms with van der Waals surface area (Å²) in [6.45, 7) is 2.01. The highest BCUT2D eigenvalue weighted by Crippen LogP contribution is 2.06. The summed E-state index contributed by atoms with van der Waals surface area (Å²) in [7, 11) is 0. The highest BCUT2D eigenvalue weighted by atomic mass is 15.2. The first kappa shape index (κ1) is 4.50. The monoisotopic (exact) mass is 133 g/mol. The van der Waals surface area contributed by atoms with Crippen LogP contribution >= 0.6 is 0 Å². The van der Waals surface area contributed by atoms with Crippen LogP contribution in [0.2, 0.25) is 0 Å². The van der Waals surface area contributed by atoms with Gasteiger partial charge in [-0.2, -0.15) is 5.10 Å². The highest BCUT2D eigenvalue weighted by Gasteiger charge is 1.92. The van der Waals surface area contributed by atoms with Crippen LogP contribution in [0.25, 0.3) is 5.52 Å². The fraction of sp³-hybridized carbons (Fsp3) is 0.125. The number of hydrogen-bond donors (Lipinski definition) is 0. The Bertz CT molecular complexity index is 392. The SMILES string of the molecule is [2H]c1cc2c(C)cccn2n1. The Morgan fingerprint density at radius 3 is 3.30 bits per heavy atom. The van der Waals surface area contributed by atoms with Crippen LogP contribution in [0.15, 0.2) is 30.6 Å². The van der Waals surface area contributed by atoms with Crippen LogP contribution in [-0.4, -0.2) is 9.61 Å². The molecule has 0 amide bonds. The van der Waals surface area contributed by atoms with Gasteiger partial charge in [0, 0.05) is 12.4 Å². The van der Waals surface area contributed by atoms with Gasteiger partial charge in [0.1, 0.15) is 0 Å². The second kappa shape index (κ2) is 1.84. The number of hydrogen-bond acceptors (Lipinski definition) is 1. The molecule has 0 saturated heterocycles. The third-order valence-electron chi connectivity index (χ3n) is 1.59. The summed E-state index contributed by atoms with van der Waals surface area (Å²) < 4.78 is 9.01. The van der Waals surface area contributed by atoms with Crippen LogP contribution in [0.4, 0.5) is 0 Å². The van der Waals surface area contributed by atoms with Crippen LogP contribution in [0.1, 0.15) is 6.93 Å². The first-order valence-corrected chi connectivity index (χ1v) is 3.19. The van der Waals surface area contributed by atoms with Gasteiger partial charge in [-0.3, -0.25) is 0 Å². The molecule has 0 unspecified atom stereocenters. The molecule has 2 nitrogen and oxygen atoms in total. The molecule has 2 rings (SSSR count). The summed E-state index contributed by atoms with van der Waals surface area (Å²) in [6.07, 6.45) is 2.17. The molecule has 0 aliphatic rings. The van der Waals surface area contributed by atoms with Crippen molar-refractivity contribution in [1.29, 1.82) is 0 Å². The second-order valence-corrected chi connectivity index (χ2v) is 2.29. The van der Waals surface area contributed by atoms with Gasteiger partial charge in [-0.05, 0) is 24.6 Å². The maximum atomic E-state index is 7.29. The molecular formula is C8H8N2. The summed E-state index contributed by atoms with van der Waals surface area (Å²) in [5.41, 5.74) is 2.16. The smallest absolute Gasteiger partial charge is 0.0860 e. The van der Waals surface area contributed by atoms with Gasteiger partial charge in [-0.25, -0.2) is 4.52 Å². The minimum Gasteiger partial charge on any atom is -0.241 e. The molecule has 0 aromatic carbocycles. The van der Waals surface area contributed by atoms with Gasteiger partial charge in [0.25, 0.3) is 0 Å². The maximum Gasteiger partial charge on any atom is 0.0860 e. The topological polar surface area (TPSA) is 17.3 Å². The zero-order valence-corrected chi connectivity index (χ0v) is 5.70. The van der Waals surface area contributed by atoms with Gasteiger partial charge < -0.3 is 0 Å². The van der Waals surface area contributed by atoms with Crippen molar-refractivity contribution < 1.29 is 1.37 Å². The Kier molecular flexibility index (Phi) is 0.826. The molecule has 0 N–H and O–H groups in total. The van der Waals surface area contributed by atoms with Gasteiger partial charge in [-0.15, -0.1) is 0 Å². The Morgan fingerprint density at radius 2 is 2.50 bits per heavy atom. The van der Waals surface area contributed by atoms with E-state index in [2.05, 4.69) is 5.10 Å². The molecule has 0 bridgehead atoms. The van der Waals surface area contributed by atoms with Gasteiger partial charge >= 0.3 is 0 Å². The molecule has 10 heavy (non-hydrogen) atoms. The van der Waals surface area contributed by atoms with Crippen molar-refractivity contribution in [2.24, 2.45) is 0 Å². The van der Waals surface area contributed by atoms with Gasteiger partial charge in [0.15, 0.2) is 0 Å². The number of aromatic nitrogens is 2. The minimum absolute atomic E-state index is 0.319. The van der Waals surface area contributed by atoms with Crippen LogP contribution in [0, 0.1) is 6.92 Å². The number of aryl methyl sites for hydroxylation is 1. The van der Waals surface area contributed by atoms with Crippen LogP contribution in [0.3, 0.4) is 0 Å². The molecule has 50 valence electrons. The average Bonchev–Trinajstić information content (AvgIpc) is 2.31. The van der Waals surface area contributed by atoms with E-state index in [9.17, 15) is 0 Å². The minimum atomic E-state index is 0.319. The normalized spacial score (nSPS) is 11.9. The predicted molar refractivity (Wildman–Crippen MR) is 39.9 cm³/mol. The standard InChI is InChI=1S/C8H8N2/c1-7-3-2-6-10-8(7)4-5-9-10/h2-6H,1H3/i5D. The molecular weight excluding hydrogens is 124 g/mol. The van der Waals surface area contributed by atoms with Crippen molar-refractivity contribution in [1.82, 2.24) is 9.61 Å². The van der Waals surface area contributed by atoms with Crippen molar-refractivity contribution >= 4 is 5.52 Å². The lowest BCUT2D eigenvalue weighted by Crippen LogP contribution is -1.85. The number of pyridine rings is 1. The van der Waals surface area contributed by atoms with Crippen LogP contribution in [0.5, 0.6) is 0 Å². The average molecular weight is 133 g/mol. The van der Waals surface area contributed by atoms with E-state index in [1.165, 1.54) is 0 Å². The largest absolute Gasteiger partial charge is 0.241 e. The third-order valence-corrected chi connectivity index (χ3v) is 1.59. The lowest BCUT2D eigenvalue weighted by molar-refractivity contribution is 0.956. The van der Waals surface area contributed by atoms with Gasteiger partial charge in [-0.1, -0.05) is 6.07 Å². The lowest BCUT2D eigenvalue weighted by Gasteiger charge is -1.94. The molecule has 0 fully saturated rings. The van der Waals surface area contributed by atoms with E-state index >= 15 is 0 Å². The van der Waals surface area contributed by atoms with E-state index < -0.39 is 0 Å². The Labute approximate surface area is 60.5 Å². The number of nitrogens with zero attached hydrogens (tertiary/aromatic N) is 2. The molecule has 0 radical (unpaired) electrons. The molecule has 0 aliphatic heterocycles. The van der Waals surface area contributed by atoms with Crippen molar-refractivity contribution in [3.63, 3.8) is 0 Å². The highest BCUT2D eigenvalue weighted by molar-refractivity contribution is 5.52. The Hall–Kier alpha value is -1.31. The van der Waals surface area contributed by atoms with Crippen molar-refractivity contribution in [2.45, 2.75) is 6.92 Å². The summed E-state index contributed by atoms with van der Waals surface area (Å²) in [4.78, 5) is 0. The molecule has 0 spiro atoms. The van der Waals surface area contributed by atoms with Gasteiger partial charge in [0.2, 0.25) is 0 Å². The molecule has 0 saturated carbocycles. The van der Waals surface area contributed by atoms with E-state index in [1.807, 2.05) is 25.3 Å². The summed E-state index contributed by atoms with van der Waals surface area (Å²) in [5.74, 6) is 0. The van der Waals surface area contributed by atoms with Crippen LogP contribution in [-0.2, 0) is 0 Å². The fourth-order valence-electron chi connectivity index (χ4n) is 1.03. The number of fused-ring (bicyclic) bond motifs is 1. The third kappa shape index (κ3) is 0.620. The maximum absolute atomic E-state index is 7.29. The zero-order chi connectivity index (χ0) is 7.84. The Morgan fingerprint density at radius 1 is 1.60 bits per heavy atom. The summed E-state index contributed by atoms with van der Waals surface area (Å²) >= 11 is 0. The number of rotatable bonds is 0. The van der Waals surface area contributed by atoms with E-state index in [0.29, 0.717) is 6.17 Å². The van der Waals surface area contributed by atoms with Crippen molar-refractivity contribution in [3.8, 4) is 0 Å². The quantitative estimate of drug-likeness (QED) is 0.534. The molecule has 0 aliphatic carbocycles. The van der Waals surface area contributed by atoms with Gasteiger partial charge in [0.05, 0.1) is 6.89 Å². The first-order chi connectivity index (χ1) is 5.27. The predicted octanol–water partition coefficient (Wildman–Crippen LogP) is 1.64. The van der Waals surface area contributed by atoms with E-state index in [0.717, 1.165) is 11.1 Å². The fourth-order valence-corrected chi connectivity index (χ4v) is 1.03. The zero-order valence-electron chi connectivity index (χ0n) is 6.70. The second-order valence-electron chi connectivity index (χ2n) is 2.29. The molecule has 0 atom stereocenters. The Balaban J connectivity index is 2.90. The van der Waals surface area contributed by atoms with E-state index in [1.54, 1.807) is 10.6 Å². The van der Waals surface area contributed by atoms with Crippen LogP contribution < -0.4 is 0 Å². The molecule has 2 aromatic rings. The summed E-state index contributed by atoms with van der Waals surface area (Å²) in [5, 5.41) is 3.96. The molecule has 2 heteroatoms. The van der Waals surface area contributed by atoms with E-state index in [4.69, 9.17) is 1.37 Å². The van der Waals surface area contributed by atoms with Crippen molar-refractivity contribution in [2.75, 3.05) is 0 Å². The summed E-state index contributed by atoms with van der Waals surface area (Å²) in [6, 6.07) is 5.70. The lowest BCUT2D eigenvalue weighted by atomic mass is 10.2. The molecule has 2 heterocycles. The van der Waals surface area contributed by atoms with Crippen molar-refractivity contribution in [3.05, 3.63) is 36.1 Å². The van der Waals surface area contributed by atoms with E-state index in [-0.39, 0.29) is 0 Å². The molecule has 2 aromatic heterocycles.